The fraction of sp³-hybridized carbons (Fsp3) is 0.318. The van der Waals surface area contributed by atoms with Crippen LogP contribution in [0.5, 0.6) is 0 Å². The smallest absolute Gasteiger partial charge is 0.283 e. The Morgan fingerprint density at radius 1 is 1.00 bits per heavy atom. The van der Waals surface area contributed by atoms with Gasteiger partial charge in [-0.2, -0.15) is 0 Å². The topological polar surface area (TPSA) is 59.0 Å². The van der Waals surface area contributed by atoms with Gasteiger partial charge in [0.05, 0.1) is 5.69 Å². The highest BCUT2D eigenvalue weighted by Crippen LogP contribution is 2.48. The highest BCUT2D eigenvalue weighted by atomic mass is 16.5. The van der Waals surface area contributed by atoms with Gasteiger partial charge in [-0.05, 0) is 19.1 Å². The quantitative estimate of drug-likeness (QED) is 0.720. The second kappa shape index (κ2) is 5.78. The minimum Gasteiger partial charge on any atom is -0.454 e. The maximum Gasteiger partial charge on any atom is 0.283 e. The van der Waals surface area contributed by atoms with Crippen molar-refractivity contribution in [2.75, 3.05) is 6.54 Å². The van der Waals surface area contributed by atoms with E-state index in [1.165, 1.54) is 4.90 Å². The van der Waals surface area contributed by atoms with Gasteiger partial charge in [0.15, 0.2) is 5.90 Å². The minimum absolute atomic E-state index is 0.279. The van der Waals surface area contributed by atoms with Gasteiger partial charge < -0.3 is 4.74 Å². The normalized spacial score (nSPS) is 21.5. The molecule has 2 aliphatic heterocycles. The molecule has 0 aromatic heterocycles. The summed E-state index contributed by atoms with van der Waals surface area (Å²) in [7, 11) is 0. The third kappa shape index (κ3) is 2.34. The average molecular weight is 362 g/mol. The van der Waals surface area contributed by atoms with Gasteiger partial charge in [-0.3, -0.25) is 14.5 Å². The summed E-state index contributed by atoms with van der Waals surface area (Å²) in [4.78, 5) is 32.5. The number of rotatable bonds is 1. The van der Waals surface area contributed by atoms with Crippen molar-refractivity contribution in [3.05, 3.63) is 65.2 Å². The molecular weight excluding hydrogens is 340 g/mol. The van der Waals surface area contributed by atoms with E-state index in [1.807, 2.05) is 57.2 Å². The lowest BCUT2D eigenvalue weighted by atomic mass is 9.77. The van der Waals surface area contributed by atoms with E-state index in [2.05, 4.69) is 4.99 Å². The van der Waals surface area contributed by atoms with Crippen LogP contribution in [0.2, 0.25) is 0 Å². The lowest BCUT2D eigenvalue weighted by Crippen LogP contribution is -2.58. The van der Waals surface area contributed by atoms with Gasteiger partial charge in [-0.25, -0.2) is 4.99 Å². The van der Waals surface area contributed by atoms with Crippen molar-refractivity contribution < 1.29 is 14.3 Å². The van der Waals surface area contributed by atoms with Crippen molar-refractivity contribution in [2.45, 2.75) is 33.3 Å². The van der Waals surface area contributed by atoms with Crippen molar-refractivity contribution in [1.82, 2.24) is 4.90 Å². The molecule has 4 rings (SSSR count). The van der Waals surface area contributed by atoms with E-state index >= 15 is 0 Å². The summed E-state index contributed by atoms with van der Waals surface area (Å²) in [6, 6.07) is 14.7. The number of imide groups is 1. The van der Waals surface area contributed by atoms with Crippen LogP contribution in [0.1, 0.15) is 49.2 Å². The second-order valence-electron chi connectivity index (χ2n) is 7.87. The van der Waals surface area contributed by atoms with Gasteiger partial charge >= 0.3 is 0 Å². The number of aliphatic imine (C=N–C) groups is 1. The maximum absolute atomic E-state index is 13.7. The number of ether oxygens (including phenoxy) is 1. The fourth-order valence-electron chi connectivity index (χ4n) is 3.69. The molecule has 2 heterocycles. The summed E-state index contributed by atoms with van der Waals surface area (Å²) in [6.07, 6.45) is 0. The molecule has 0 saturated carbocycles. The molecule has 5 heteroatoms. The molecule has 138 valence electrons. The van der Waals surface area contributed by atoms with Crippen LogP contribution in [0, 0.1) is 5.41 Å². The summed E-state index contributed by atoms with van der Waals surface area (Å²) in [6.45, 7) is 8.06. The Balaban J connectivity index is 2.09. The van der Waals surface area contributed by atoms with Gasteiger partial charge in [0.2, 0.25) is 5.60 Å². The van der Waals surface area contributed by atoms with Crippen LogP contribution in [-0.4, -0.2) is 29.2 Å². The number of carbonyl (C=O) groups excluding carboxylic acids is 2. The first-order chi connectivity index (χ1) is 12.8. The van der Waals surface area contributed by atoms with Gasteiger partial charge in [0.25, 0.3) is 11.8 Å². The fourth-order valence-corrected chi connectivity index (χ4v) is 3.69. The summed E-state index contributed by atoms with van der Waals surface area (Å²) in [5, 5.41) is 0. The molecule has 5 nitrogen and oxygen atoms in total. The summed E-state index contributed by atoms with van der Waals surface area (Å²) in [5.41, 5.74) is 0.636. The molecule has 2 aromatic carbocycles. The summed E-state index contributed by atoms with van der Waals surface area (Å²) >= 11 is 0. The van der Waals surface area contributed by atoms with Crippen LogP contribution < -0.4 is 0 Å². The number of para-hydroxylation sites is 1. The molecule has 0 N–H and O–H groups in total. The lowest BCUT2D eigenvalue weighted by molar-refractivity contribution is -0.145. The third-order valence-corrected chi connectivity index (χ3v) is 5.04. The molecule has 0 aliphatic carbocycles. The van der Waals surface area contributed by atoms with E-state index in [-0.39, 0.29) is 18.4 Å². The monoisotopic (exact) mass is 362 g/mol. The molecule has 2 aliphatic rings. The van der Waals surface area contributed by atoms with E-state index in [0.717, 1.165) is 0 Å². The minimum atomic E-state index is -1.40. The Labute approximate surface area is 158 Å². The van der Waals surface area contributed by atoms with E-state index in [1.54, 1.807) is 19.1 Å². The Morgan fingerprint density at radius 2 is 1.63 bits per heavy atom. The van der Waals surface area contributed by atoms with E-state index in [4.69, 9.17) is 4.74 Å². The number of hydrogen-bond donors (Lipinski definition) is 0. The number of amides is 2. The SMILES string of the molecule is CCN1C(=O)c2ccccc2C2(OC(C(C)(C)C)=Nc3ccccc32)C1=O. The largest absolute Gasteiger partial charge is 0.454 e. The number of nitrogens with zero attached hydrogens (tertiary/aromatic N) is 2. The first-order valence-electron chi connectivity index (χ1n) is 9.14. The predicted molar refractivity (Wildman–Crippen MR) is 103 cm³/mol. The van der Waals surface area contributed by atoms with Crippen LogP contribution in [0.4, 0.5) is 5.69 Å². The zero-order valence-electron chi connectivity index (χ0n) is 15.9. The third-order valence-electron chi connectivity index (χ3n) is 5.04. The summed E-state index contributed by atoms with van der Waals surface area (Å²) < 4.78 is 6.43. The Bertz CT molecular complexity index is 987. The first-order valence-corrected chi connectivity index (χ1v) is 9.14. The van der Waals surface area contributed by atoms with Gasteiger partial charge in [-0.15, -0.1) is 0 Å². The predicted octanol–water partition coefficient (Wildman–Crippen LogP) is 4.04. The van der Waals surface area contributed by atoms with Crippen LogP contribution in [-0.2, 0) is 15.1 Å². The van der Waals surface area contributed by atoms with Crippen molar-refractivity contribution >= 4 is 23.4 Å². The highest BCUT2D eigenvalue weighted by molar-refractivity contribution is 6.15. The van der Waals surface area contributed by atoms with Crippen molar-refractivity contribution in [3.8, 4) is 0 Å². The molecule has 2 aromatic rings. The summed E-state index contributed by atoms with van der Waals surface area (Å²) in [5.74, 6) is -0.169. The first kappa shape index (κ1) is 17.5. The molecule has 1 atom stereocenters. The molecule has 0 bridgehead atoms. The van der Waals surface area contributed by atoms with Crippen LogP contribution in [0.25, 0.3) is 0 Å². The van der Waals surface area contributed by atoms with E-state index in [9.17, 15) is 9.59 Å². The molecule has 0 radical (unpaired) electrons. The zero-order valence-corrected chi connectivity index (χ0v) is 15.9. The number of carbonyl (C=O) groups is 2. The molecule has 0 saturated heterocycles. The molecule has 1 spiro atoms. The van der Waals surface area contributed by atoms with Crippen LogP contribution in [0.15, 0.2) is 53.5 Å². The Morgan fingerprint density at radius 3 is 2.30 bits per heavy atom. The zero-order chi connectivity index (χ0) is 19.4. The molecule has 27 heavy (non-hydrogen) atoms. The standard InChI is InChI=1S/C22H22N2O3/c1-5-24-18(25)14-10-6-7-11-15(14)22(20(24)26)16-12-8-9-13-17(16)23-19(27-22)21(2,3)4/h6-13H,5H2,1-4H3. The second-order valence-corrected chi connectivity index (χ2v) is 7.87. The highest BCUT2D eigenvalue weighted by Gasteiger charge is 2.57. The molecule has 1 unspecified atom stereocenters. The van der Waals surface area contributed by atoms with E-state index < -0.39 is 11.0 Å². The van der Waals surface area contributed by atoms with Gasteiger partial charge in [0, 0.05) is 28.7 Å². The van der Waals surface area contributed by atoms with Crippen LogP contribution in [0.3, 0.4) is 0 Å². The Kier molecular flexibility index (Phi) is 3.74. The maximum atomic E-state index is 13.7. The van der Waals surface area contributed by atoms with Crippen molar-refractivity contribution in [3.63, 3.8) is 0 Å². The van der Waals surface area contributed by atoms with Crippen LogP contribution >= 0.6 is 0 Å². The molecular formula is C22H22N2O3. The number of hydrogen-bond acceptors (Lipinski definition) is 4. The van der Waals surface area contributed by atoms with Crippen molar-refractivity contribution in [1.29, 1.82) is 0 Å². The lowest BCUT2D eigenvalue weighted by Gasteiger charge is -2.45. The van der Waals surface area contributed by atoms with Crippen molar-refractivity contribution in [2.24, 2.45) is 10.4 Å². The molecule has 0 fully saturated rings. The average Bonchev–Trinajstić information content (AvgIpc) is 2.66. The number of fused-ring (bicyclic) bond motifs is 4. The van der Waals surface area contributed by atoms with Gasteiger partial charge in [-0.1, -0.05) is 57.2 Å². The molecule has 2 amide bonds. The Hall–Kier alpha value is -2.95. The van der Waals surface area contributed by atoms with E-state index in [0.29, 0.717) is 28.3 Å². The number of likely N-dealkylation sites (N-methyl/N-ethyl adjacent to an activating group) is 1. The number of benzene rings is 2. The van der Waals surface area contributed by atoms with Gasteiger partial charge in [0.1, 0.15) is 0 Å².